The number of ether oxygens (including phenoxy) is 2. The van der Waals surface area contributed by atoms with Gasteiger partial charge in [-0.25, -0.2) is 4.79 Å². The van der Waals surface area contributed by atoms with E-state index in [4.69, 9.17) is 14.6 Å². The lowest BCUT2D eigenvalue weighted by atomic mass is 10.2. The van der Waals surface area contributed by atoms with Crippen molar-refractivity contribution in [2.45, 2.75) is 24.9 Å². The molecular weight excluding hydrogens is 360 g/mol. The molecular formula is C16H24N4O7. The monoisotopic (exact) mass is 384 g/mol. The molecule has 0 radical (unpaired) electrons. The summed E-state index contributed by atoms with van der Waals surface area (Å²) in [7, 11) is 0. The Kier molecular flexibility index (Phi) is 6.39. The number of aromatic amines is 1. The number of nitrogens with one attached hydrogen (secondary N) is 2. The lowest BCUT2D eigenvalue weighted by Gasteiger charge is -2.26. The Morgan fingerprint density at radius 3 is 2.74 bits per heavy atom. The molecule has 0 aliphatic carbocycles. The third-order valence-electron chi connectivity index (χ3n) is 4.72. The largest absolute Gasteiger partial charge is 0.394 e. The van der Waals surface area contributed by atoms with Crippen molar-refractivity contribution in [3.63, 3.8) is 0 Å². The van der Waals surface area contributed by atoms with E-state index in [1.54, 1.807) is 0 Å². The summed E-state index contributed by atoms with van der Waals surface area (Å²) >= 11 is 0. The Labute approximate surface area is 154 Å². The molecule has 2 aliphatic rings. The van der Waals surface area contributed by atoms with E-state index < -0.39 is 42.2 Å². The molecule has 3 rings (SSSR count). The predicted molar refractivity (Wildman–Crippen MR) is 92.5 cm³/mol. The number of aliphatic hydroxyl groups is 2. The van der Waals surface area contributed by atoms with Crippen molar-refractivity contribution in [1.29, 1.82) is 0 Å². The fourth-order valence-corrected chi connectivity index (χ4v) is 3.16. The molecule has 150 valence electrons. The maximum atomic E-state index is 12.4. The first-order valence-corrected chi connectivity index (χ1v) is 8.87. The van der Waals surface area contributed by atoms with Crippen LogP contribution in [0.15, 0.2) is 15.8 Å². The van der Waals surface area contributed by atoms with Gasteiger partial charge in [-0.05, 0) is 0 Å². The van der Waals surface area contributed by atoms with E-state index in [0.717, 1.165) is 23.9 Å². The summed E-state index contributed by atoms with van der Waals surface area (Å²) < 4.78 is 11.7. The summed E-state index contributed by atoms with van der Waals surface area (Å²) in [5, 5.41) is 21.6. The molecule has 0 spiro atoms. The van der Waals surface area contributed by atoms with E-state index in [2.05, 4.69) is 15.2 Å². The van der Waals surface area contributed by atoms with Gasteiger partial charge in [-0.3, -0.25) is 24.0 Å². The number of amides is 1. The van der Waals surface area contributed by atoms with Crippen LogP contribution in [0.1, 0.15) is 23.0 Å². The third-order valence-corrected chi connectivity index (χ3v) is 4.72. The molecule has 4 N–H and O–H groups in total. The highest BCUT2D eigenvalue weighted by atomic mass is 16.5. The summed E-state index contributed by atoms with van der Waals surface area (Å²) in [6.45, 7) is 3.46. The second-order valence-electron chi connectivity index (χ2n) is 6.53. The highest BCUT2D eigenvalue weighted by Crippen LogP contribution is 2.27. The lowest BCUT2D eigenvalue weighted by Crippen LogP contribution is -2.43. The van der Waals surface area contributed by atoms with Crippen molar-refractivity contribution in [1.82, 2.24) is 19.8 Å². The van der Waals surface area contributed by atoms with E-state index in [-0.39, 0.29) is 12.0 Å². The van der Waals surface area contributed by atoms with Crippen LogP contribution in [0.25, 0.3) is 0 Å². The van der Waals surface area contributed by atoms with Gasteiger partial charge in [0.15, 0.2) is 0 Å². The van der Waals surface area contributed by atoms with Gasteiger partial charge < -0.3 is 25.0 Å². The molecule has 2 aliphatic heterocycles. The maximum Gasteiger partial charge on any atom is 0.330 e. The van der Waals surface area contributed by atoms with Crippen molar-refractivity contribution in [2.24, 2.45) is 0 Å². The van der Waals surface area contributed by atoms with Crippen LogP contribution in [0.5, 0.6) is 0 Å². The number of H-pyrrole nitrogens is 1. The molecule has 0 bridgehead atoms. The number of carbonyl (C=O) groups is 1. The first kappa shape index (κ1) is 19.7. The minimum Gasteiger partial charge on any atom is -0.394 e. The summed E-state index contributed by atoms with van der Waals surface area (Å²) in [6.07, 6.45) is -1.44. The number of carbonyl (C=O) groups excluding carboxylic acids is 1. The zero-order valence-electron chi connectivity index (χ0n) is 14.8. The number of nitrogens with zero attached hydrogens (tertiary/aromatic N) is 2. The molecule has 1 amide bonds. The van der Waals surface area contributed by atoms with Crippen LogP contribution in [0.3, 0.4) is 0 Å². The molecule has 0 aromatic carbocycles. The molecule has 2 fully saturated rings. The van der Waals surface area contributed by atoms with Crippen molar-refractivity contribution in [2.75, 3.05) is 46.0 Å². The molecule has 2 saturated heterocycles. The first-order valence-electron chi connectivity index (χ1n) is 8.87. The molecule has 1 aromatic heterocycles. The molecule has 0 saturated carbocycles. The molecule has 3 atom stereocenters. The van der Waals surface area contributed by atoms with Gasteiger partial charge in [0.25, 0.3) is 11.5 Å². The highest BCUT2D eigenvalue weighted by Gasteiger charge is 2.35. The molecule has 27 heavy (non-hydrogen) atoms. The van der Waals surface area contributed by atoms with Crippen molar-refractivity contribution >= 4 is 5.91 Å². The zero-order chi connectivity index (χ0) is 19.4. The van der Waals surface area contributed by atoms with E-state index in [9.17, 15) is 19.5 Å². The fourth-order valence-electron chi connectivity index (χ4n) is 3.16. The summed E-state index contributed by atoms with van der Waals surface area (Å²) in [4.78, 5) is 40.6. The fraction of sp³-hybridized carbons (Fsp3) is 0.688. The minimum absolute atomic E-state index is 0.0647. The first-order chi connectivity index (χ1) is 13.0. The van der Waals surface area contributed by atoms with Crippen LogP contribution in [0.4, 0.5) is 0 Å². The molecule has 11 nitrogen and oxygen atoms in total. The van der Waals surface area contributed by atoms with Crippen molar-refractivity contribution < 1.29 is 24.5 Å². The standard InChI is InChI=1S/C16H24N4O7/c21-9-12-11(22)7-13(27-12)20-8-10(15(24)18-16(20)25)14(23)17-1-2-19-3-5-26-6-4-19/h8,11-13,21-22H,1-7,9H2,(H,17,23)(H,18,24,25)/t11?,12?,13-/m1/s1. The number of hydrogen-bond donors (Lipinski definition) is 4. The Morgan fingerprint density at radius 1 is 1.33 bits per heavy atom. The average Bonchev–Trinajstić information content (AvgIpc) is 3.03. The van der Waals surface area contributed by atoms with Crippen LogP contribution in [0.2, 0.25) is 0 Å². The van der Waals surface area contributed by atoms with Crippen LogP contribution < -0.4 is 16.6 Å². The van der Waals surface area contributed by atoms with Gasteiger partial charge in [-0.15, -0.1) is 0 Å². The minimum atomic E-state index is -0.940. The number of aliphatic hydroxyl groups excluding tert-OH is 2. The van der Waals surface area contributed by atoms with Gasteiger partial charge in [0.1, 0.15) is 17.9 Å². The summed E-state index contributed by atoms with van der Waals surface area (Å²) in [5.41, 5.74) is -1.76. The van der Waals surface area contributed by atoms with E-state index >= 15 is 0 Å². The Bertz CT molecular complexity index is 771. The summed E-state index contributed by atoms with van der Waals surface area (Å²) in [6, 6.07) is 0. The number of aromatic nitrogens is 2. The van der Waals surface area contributed by atoms with Crippen molar-refractivity contribution in [3.05, 3.63) is 32.6 Å². The Hall–Kier alpha value is -2.05. The van der Waals surface area contributed by atoms with Crippen LogP contribution in [-0.2, 0) is 9.47 Å². The van der Waals surface area contributed by atoms with E-state index in [0.29, 0.717) is 26.3 Å². The van der Waals surface area contributed by atoms with Gasteiger partial charge in [-0.2, -0.15) is 0 Å². The van der Waals surface area contributed by atoms with Crippen LogP contribution in [-0.4, -0.2) is 88.8 Å². The molecule has 1 aromatic rings. The number of morpholine rings is 1. The average molecular weight is 384 g/mol. The quantitative estimate of drug-likeness (QED) is 0.413. The van der Waals surface area contributed by atoms with Crippen LogP contribution in [0, 0.1) is 0 Å². The van der Waals surface area contributed by atoms with Crippen molar-refractivity contribution in [3.8, 4) is 0 Å². The third kappa shape index (κ3) is 4.62. The lowest BCUT2D eigenvalue weighted by molar-refractivity contribution is -0.0459. The maximum absolute atomic E-state index is 12.4. The predicted octanol–water partition coefficient (Wildman–Crippen LogP) is -2.76. The Balaban J connectivity index is 1.67. The highest BCUT2D eigenvalue weighted by molar-refractivity contribution is 5.93. The van der Waals surface area contributed by atoms with Gasteiger partial charge in [0, 0.05) is 38.8 Å². The second kappa shape index (κ2) is 8.76. The van der Waals surface area contributed by atoms with E-state index in [1.165, 1.54) is 0 Å². The van der Waals surface area contributed by atoms with Gasteiger partial charge in [0.2, 0.25) is 0 Å². The van der Waals surface area contributed by atoms with E-state index in [1.807, 2.05) is 0 Å². The van der Waals surface area contributed by atoms with Gasteiger partial charge >= 0.3 is 5.69 Å². The molecule has 2 unspecified atom stereocenters. The Morgan fingerprint density at radius 2 is 2.07 bits per heavy atom. The summed E-state index contributed by atoms with van der Waals surface area (Å²) in [5.74, 6) is -0.601. The van der Waals surface area contributed by atoms with Crippen LogP contribution >= 0.6 is 0 Å². The number of hydrogen-bond acceptors (Lipinski definition) is 8. The zero-order valence-corrected chi connectivity index (χ0v) is 14.8. The smallest absolute Gasteiger partial charge is 0.330 e. The second-order valence-corrected chi connectivity index (χ2v) is 6.53. The topological polar surface area (TPSA) is 146 Å². The normalized spacial score (nSPS) is 26.2. The molecule has 11 heteroatoms. The van der Waals surface area contributed by atoms with Gasteiger partial charge in [-0.1, -0.05) is 0 Å². The molecule has 3 heterocycles. The number of rotatable bonds is 6. The van der Waals surface area contributed by atoms with Gasteiger partial charge in [0.05, 0.1) is 25.9 Å². The SMILES string of the molecule is O=C(NCCN1CCOCC1)c1cn([C@H]2CC(O)C(CO)O2)c(=O)[nH]c1=O.